The molecule has 0 saturated carbocycles. The Kier molecular flexibility index (Phi) is 4.26. The zero-order valence-electron chi connectivity index (χ0n) is 11.8. The molecule has 2 rings (SSSR count). The number of phenolic OH excluding ortho intramolecular Hbond substituents is 1. The highest BCUT2D eigenvalue weighted by Crippen LogP contribution is 2.33. The molecule has 0 unspecified atom stereocenters. The molecule has 0 bridgehead atoms. The number of hydrogen-bond donors (Lipinski definition) is 1. The van der Waals surface area contributed by atoms with Gasteiger partial charge in [0.05, 0.1) is 0 Å². The summed E-state index contributed by atoms with van der Waals surface area (Å²) in [6.07, 6.45) is 3.31. The second-order valence-electron chi connectivity index (χ2n) is 5.45. The summed E-state index contributed by atoms with van der Waals surface area (Å²) < 4.78 is 0. The van der Waals surface area contributed by atoms with Crippen molar-refractivity contribution in [3.63, 3.8) is 0 Å². The molecule has 0 saturated heterocycles. The molecule has 0 aliphatic rings. The van der Waals surface area contributed by atoms with E-state index in [1.807, 2.05) is 12.1 Å². The average Bonchev–Trinajstić information content (AvgIpc) is 2.46. The molecule has 1 heteroatoms. The van der Waals surface area contributed by atoms with Crippen LogP contribution in [0.4, 0.5) is 0 Å². The summed E-state index contributed by atoms with van der Waals surface area (Å²) >= 11 is 0. The van der Waals surface area contributed by atoms with E-state index in [9.17, 15) is 5.11 Å². The predicted molar refractivity (Wildman–Crippen MR) is 80.5 cm³/mol. The van der Waals surface area contributed by atoms with Crippen molar-refractivity contribution in [1.29, 1.82) is 0 Å². The van der Waals surface area contributed by atoms with Crippen molar-refractivity contribution in [2.75, 3.05) is 0 Å². The second kappa shape index (κ2) is 5.92. The van der Waals surface area contributed by atoms with Crippen LogP contribution in [0, 0.1) is 0 Å². The first-order valence-corrected chi connectivity index (χ1v) is 6.97. The molecule has 100 valence electrons. The average molecular weight is 254 g/mol. The number of aryl methyl sites for hydroxylation is 1. The molecule has 0 aromatic heterocycles. The monoisotopic (exact) mass is 254 g/mol. The minimum absolute atomic E-state index is 0.170. The highest BCUT2D eigenvalue weighted by molar-refractivity contribution is 5.31. The SMILES string of the molecule is CC[C@](C)(CCc1ccccc1)c1ccc(O)cc1. The third-order valence-electron chi connectivity index (χ3n) is 4.15. The van der Waals surface area contributed by atoms with Gasteiger partial charge in [0.1, 0.15) is 5.75 Å². The van der Waals surface area contributed by atoms with Crippen molar-refractivity contribution in [1.82, 2.24) is 0 Å². The Hall–Kier alpha value is -1.76. The van der Waals surface area contributed by atoms with Gasteiger partial charge in [-0.2, -0.15) is 0 Å². The zero-order chi connectivity index (χ0) is 13.7. The number of rotatable bonds is 5. The van der Waals surface area contributed by atoms with Crippen LogP contribution in [0.3, 0.4) is 0 Å². The largest absolute Gasteiger partial charge is 0.508 e. The summed E-state index contributed by atoms with van der Waals surface area (Å²) in [5.74, 6) is 0.338. The van der Waals surface area contributed by atoms with Crippen LogP contribution in [0.2, 0.25) is 0 Å². The Morgan fingerprint density at radius 1 is 0.947 bits per heavy atom. The summed E-state index contributed by atoms with van der Waals surface area (Å²) in [7, 11) is 0. The van der Waals surface area contributed by atoms with Crippen LogP contribution in [0.1, 0.15) is 37.8 Å². The lowest BCUT2D eigenvalue weighted by Gasteiger charge is -2.29. The van der Waals surface area contributed by atoms with Gasteiger partial charge < -0.3 is 5.11 Å². The fourth-order valence-electron chi connectivity index (χ4n) is 2.45. The van der Waals surface area contributed by atoms with Crippen molar-refractivity contribution >= 4 is 0 Å². The van der Waals surface area contributed by atoms with Gasteiger partial charge in [0.2, 0.25) is 0 Å². The lowest BCUT2D eigenvalue weighted by Crippen LogP contribution is -2.21. The number of hydrogen-bond acceptors (Lipinski definition) is 1. The first kappa shape index (κ1) is 13.7. The van der Waals surface area contributed by atoms with Gasteiger partial charge in [-0.3, -0.25) is 0 Å². The van der Waals surface area contributed by atoms with E-state index in [1.54, 1.807) is 12.1 Å². The highest BCUT2D eigenvalue weighted by atomic mass is 16.3. The lowest BCUT2D eigenvalue weighted by molar-refractivity contribution is 0.417. The van der Waals surface area contributed by atoms with E-state index in [2.05, 4.69) is 44.2 Å². The molecule has 19 heavy (non-hydrogen) atoms. The normalized spacial score (nSPS) is 14.0. The molecule has 2 aromatic carbocycles. The Balaban J connectivity index is 2.12. The standard InChI is InChI=1S/C18H22O/c1-3-18(2,16-9-11-17(19)12-10-16)14-13-15-7-5-4-6-8-15/h4-12,19H,3,13-14H2,1-2H3/t18-/m1/s1. The second-order valence-corrected chi connectivity index (χ2v) is 5.45. The fourth-order valence-corrected chi connectivity index (χ4v) is 2.45. The van der Waals surface area contributed by atoms with Gasteiger partial charge in [-0.1, -0.05) is 56.3 Å². The van der Waals surface area contributed by atoms with Gasteiger partial charge in [0, 0.05) is 0 Å². The maximum atomic E-state index is 9.40. The van der Waals surface area contributed by atoms with Crippen LogP contribution in [-0.2, 0) is 11.8 Å². The minimum Gasteiger partial charge on any atom is -0.508 e. The summed E-state index contributed by atoms with van der Waals surface area (Å²) in [6.45, 7) is 4.54. The quantitative estimate of drug-likeness (QED) is 0.820. The van der Waals surface area contributed by atoms with Crippen LogP contribution in [0.5, 0.6) is 5.75 Å². The molecular weight excluding hydrogens is 232 g/mol. The third-order valence-corrected chi connectivity index (χ3v) is 4.15. The van der Waals surface area contributed by atoms with E-state index in [1.165, 1.54) is 11.1 Å². The molecule has 0 aliphatic heterocycles. The van der Waals surface area contributed by atoms with Crippen LogP contribution < -0.4 is 0 Å². The Labute approximate surface area is 115 Å². The van der Waals surface area contributed by atoms with E-state index in [0.29, 0.717) is 5.75 Å². The maximum Gasteiger partial charge on any atom is 0.115 e. The maximum absolute atomic E-state index is 9.40. The van der Waals surface area contributed by atoms with Crippen LogP contribution in [-0.4, -0.2) is 5.11 Å². The smallest absolute Gasteiger partial charge is 0.115 e. The molecule has 1 atom stereocenters. The number of benzene rings is 2. The summed E-state index contributed by atoms with van der Waals surface area (Å²) in [6, 6.07) is 18.3. The molecule has 0 radical (unpaired) electrons. The van der Waals surface area contributed by atoms with Gasteiger partial charge in [0.15, 0.2) is 0 Å². The minimum atomic E-state index is 0.170. The number of phenols is 1. The summed E-state index contributed by atoms with van der Waals surface area (Å²) in [5.41, 5.74) is 2.87. The van der Waals surface area contributed by atoms with Gasteiger partial charge >= 0.3 is 0 Å². The van der Waals surface area contributed by atoms with Gasteiger partial charge in [-0.15, -0.1) is 0 Å². The van der Waals surface area contributed by atoms with Gasteiger partial charge in [-0.25, -0.2) is 0 Å². The molecule has 0 spiro atoms. The van der Waals surface area contributed by atoms with Gasteiger partial charge in [-0.05, 0) is 47.9 Å². The number of aromatic hydroxyl groups is 1. The molecule has 0 amide bonds. The fraction of sp³-hybridized carbons (Fsp3) is 0.333. The van der Waals surface area contributed by atoms with Crippen molar-refractivity contribution in [2.24, 2.45) is 0 Å². The summed E-state index contributed by atoms with van der Waals surface area (Å²) in [4.78, 5) is 0. The van der Waals surface area contributed by atoms with Crippen molar-refractivity contribution in [3.8, 4) is 5.75 Å². The first-order chi connectivity index (χ1) is 9.14. The first-order valence-electron chi connectivity index (χ1n) is 6.97. The molecule has 0 aliphatic carbocycles. The van der Waals surface area contributed by atoms with Gasteiger partial charge in [0.25, 0.3) is 0 Å². The van der Waals surface area contributed by atoms with Crippen molar-refractivity contribution in [2.45, 2.75) is 38.5 Å². The Morgan fingerprint density at radius 3 is 2.16 bits per heavy atom. The van der Waals surface area contributed by atoms with E-state index >= 15 is 0 Å². The van der Waals surface area contributed by atoms with Crippen LogP contribution in [0.15, 0.2) is 54.6 Å². The van der Waals surface area contributed by atoms with Crippen molar-refractivity contribution in [3.05, 3.63) is 65.7 Å². The molecule has 0 fully saturated rings. The van der Waals surface area contributed by atoms with E-state index in [4.69, 9.17) is 0 Å². The molecule has 2 aromatic rings. The van der Waals surface area contributed by atoms with Crippen LogP contribution >= 0.6 is 0 Å². The Morgan fingerprint density at radius 2 is 1.58 bits per heavy atom. The molecule has 1 N–H and O–H groups in total. The van der Waals surface area contributed by atoms with E-state index in [0.717, 1.165) is 19.3 Å². The third kappa shape index (κ3) is 3.37. The van der Waals surface area contributed by atoms with E-state index in [-0.39, 0.29) is 5.41 Å². The highest BCUT2D eigenvalue weighted by Gasteiger charge is 2.24. The van der Waals surface area contributed by atoms with Crippen LogP contribution in [0.25, 0.3) is 0 Å². The predicted octanol–water partition coefficient (Wildman–Crippen LogP) is 4.69. The topological polar surface area (TPSA) is 20.2 Å². The summed E-state index contributed by atoms with van der Waals surface area (Å²) in [5, 5.41) is 9.40. The molecule has 0 heterocycles. The molecular formula is C18H22O. The Bertz CT molecular complexity index is 501. The van der Waals surface area contributed by atoms with E-state index < -0.39 is 0 Å². The zero-order valence-corrected chi connectivity index (χ0v) is 11.8. The van der Waals surface area contributed by atoms with Crippen molar-refractivity contribution < 1.29 is 5.11 Å². The molecule has 1 nitrogen and oxygen atoms in total. The lowest BCUT2D eigenvalue weighted by atomic mass is 9.76.